The first kappa shape index (κ1) is 22.1. The molecule has 6 rings (SSSR count). The second-order valence-corrected chi connectivity index (χ2v) is 8.67. The highest BCUT2D eigenvalue weighted by molar-refractivity contribution is 5.83. The number of aromatic nitrogens is 2. The maximum Gasteiger partial charge on any atom is 0.373 e. The van der Waals surface area contributed by atoms with Gasteiger partial charge in [-0.3, -0.25) is 15.0 Å². The Morgan fingerprint density at radius 3 is 2.56 bits per heavy atom. The molecule has 1 fully saturated rings. The summed E-state index contributed by atoms with van der Waals surface area (Å²) < 4.78 is 16.8. The van der Waals surface area contributed by atoms with Gasteiger partial charge in [0.2, 0.25) is 12.6 Å². The molecule has 182 valence electrons. The number of benzene rings is 3. The number of nitro groups is 1. The lowest BCUT2D eigenvalue weighted by Crippen LogP contribution is -2.46. The minimum Gasteiger partial charge on any atom is -0.454 e. The van der Waals surface area contributed by atoms with Gasteiger partial charge < -0.3 is 19.1 Å². The first-order valence-electron chi connectivity index (χ1n) is 11.7. The zero-order valence-electron chi connectivity index (χ0n) is 19.4. The number of nitrogens with zero attached hydrogens (tertiary/aromatic N) is 5. The van der Waals surface area contributed by atoms with Crippen LogP contribution in [-0.4, -0.2) is 52.8 Å². The van der Waals surface area contributed by atoms with Crippen molar-refractivity contribution in [2.75, 3.05) is 37.9 Å². The minimum atomic E-state index is -0.468. The highest BCUT2D eigenvalue weighted by Gasteiger charge is 2.31. The maximum absolute atomic E-state index is 12.1. The van der Waals surface area contributed by atoms with Crippen molar-refractivity contribution < 1.29 is 19.1 Å². The third kappa shape index (κ3) is 4.34. The van der Waals surface area contributed by atoms with Gasteiger partial charge in [-0.2, -0.15) is 4.98 Å². The van der Waals surface area contributed by atoms with Crippen LogP contribution in [0.2, 0.25) is 0 Å². The predicted octanol–water partition coefficient (Wildman–Crippen LogP) is 4.38. The molecule has 0 N–H and O–H groups in total. The Bertz CT molecular complexity index is 1440. The Balaban J connectivity index is 1.18. The zero-order valence-corrected chi connectivity index (χ0v) is 19.4. The molecule has 0 amide bonds. The molecule has 0 unspecified atom stereocenters. The first-order valence-corrected chi connectivity index (χ1v) is 11.7. The largest absolute Gasteiger partial charge is 0.454 e. The van der Waals surface area contributed by atoms with Crippen molar-refractivity contribution in [2.24, 2.45) is 0 Å². The number of fused-ring (bicyclic) bond motifs is 2. The molecule has 2 aliphatic rings. The molecule has 0 atom stereocenters. The Morgan fingerprint density at radius 1 is 0.917 bits per heavy atom. The van der Waals surface area contributed by atoms with E-state index in [-0.39, 0.29) is 24.2 Å². The normalized spacial score (nSPS) is 15.3. The summed E-state index contributed by atoms with van der Waals surface area (Å²) in [6.45, 7) is 3.66. The van der Waals surface area contributed by atoms with Gasteiger partial charge in [-0.15, -0.1) is 0 Å². The van der Waals surface area contributed by atoms with E-state index in [2.05, 4.69) is 14.9 Å². The molecule has 4 aromatic rings. The monoisotopic (exact) mass is 485 g/mol. The second-order valence-electron chi connectivity index (χ2n) is 8.67. The zero-order chi connectivity index (χ0) is 24.5. The smallest absolute Gasteiger partial charge is 0.373 e. The lowest BCUT2D eigenvalue weighted by molar-refractivity contribution is -0.385. The SMILES string of the molecule is O=[N+]([O-])c1c(Oc2ccc3ccccc3c2)ncnc1N1CCN(Cc2ccc3c(c2)OCO3)CC1. The molecular weight excluding hydrogens is 462 g/mol. The summed E-state index contributed by atoms with van der Waals surface area (Å²) in [6.07, 6.45) is 1.32. The minimum absolute atomic E-state index is 0.0666. The summed E-state index contributed by atoms with van der Waals surface area (Å²) in [5.74, 6) is 2.22. The topological polar surface area (TPSA) is 103 Å². The lowest BCUT2D eigenvalue weighted by atomic mass is 10.1. The predicted molar refractivity (Wildman–Crippen MR) is 133 cm³/mol. The molecule has 1 aromatic heterocycles. The van der Waals surface area contributed by atoms with Crippen molar-refractivity contribution in [3.8, 4) is 23.1 Å². The fourth-order valence-corrected chi connectivity index (χ4v) is 4.58. The molecule has 10 heteroatoms. The van der Waals surface area contributed by atoms with Crippen LogP contribution in [0.1, 0.15) is 5.56 Å². The first-order chi connectivity index (χ1) is 17.6. The van der Waals surface area contributed by atoms with Gasteiger partial charge in [0.05, 0.1) is 4.92 Å². The molecular formula is C26H23N5O5. The fourth-order valence-electron chi connectivity index (χ4n) is 4.58. The number of rotatable bonds is 6. The van der Waals surface area contributed by atoms with Crippen molar-refractivity contribution >= 4 is 22.3 Å². The van der Waals surface area contributed by atoms with Crippen molar-refractivity contribution in [3.63, 3.8) is 0 Å². The highest BCUT2D eigenvalue weighted by atomic mass is 16.7. The van der Waals surface area contributed by atoms with E-state index in [4.69, 9.17) is 14.2 Å². The van der Waals surface area contributed by atoms with Gasteiger partial charge in [-0.25, -0.2) is 4.98 Å². The van der Waals surface area contributed by atoms with E-state index < -0.39 is 4.92 Å². The van der Waals surface area contributed by atoms with Crippen LogP contribution in [0.25, 0.3) is 10.8 Å². The molecule has 0 aliphatic carbocycles. The summed E-state index contributed by atoms with van der Waals surface area (Å²) in [5, 5.41) is 14.1. The average molecular weight is 486 g/mol. The van der Waals surface area contributed by atoms with Crippen LogP contribution in [0.5, 0.6) is 23.1 Å². The number of anilines is 1. The molecule has 1 saturated heterocycles. The summed E-state index contributed by atoms with van der Waals surface area (Å²) in [4.78, 5) is 24.2. The molecule has 0 bridgehead atoms. The maximum atomic E-state index is 12.1. The van der Waals surface area contributed by atoms with Gasteiger partial charge in [-0.1, -0.05) is 36.4 Å². The van der Waals surface area contributed by atoms with Crippen molar-refractivity contribution in [2.45, 2.75) is 6.54 Å². The highest BCUT2D eigenvalue weighted by Crippen LogP contribution is 2.37. The van der Waals surface area contributed by atoms with Gasteiger partial charge in [0.25, 0.3) is 0 Å². The third-order valence-corrected chi connectivity index (χ3v) is 6.40. The van der Waals surface area contributed by atoms with Gasteiger partial charge in [0, 0.05) is 32.7 Å². The fraction of sp³-hybridized carbons (Fsp3) is 0.231. The van der Waals surface area contributed by atoms with Crippen molar-refractivity contribution in [1.29, 1.82) is 0 Å². The van der Waals surface area contributed by atoms with E-state index in [1.165, 1.54) is 6.33 Å². The quantitative estimate of drug-likeness (QED) is 0.291. The Kier molecular flexibility index (Phi) is 5.70. The van der Waals surface area contributed by atoms with Crippen LogP contribution in [0.15, 0.2) is 67.0 Å². The lowest BCUT2D eigenvalue weighted by Gasteiger charge is -2.35. The van der Waals surface area contributed by atoms with Gasteiger partial charge in [0.15, 0.2) is 11.5 Å². The van der Waals surface area contributed by atoms with E-state index in [9.17, 15) is 10.1 Å². The number of piperazine rings is 1. The summed E-state index contributed by atoms with van der Waals surface area (Å²) in [5.41, 5.74) is 0.904. The standard InChI is InChI=1S/C26H23N5O5/c32-31(33)24-25(27-16-28-26(24)36-21-7-6-19-3-1-2-4-20(19)14-21)30-11-9-29(10-12-30)15-18-5-8-22-23(13-18)35-17-34-22/h1-8,13-14,16H,9-12,15,17H2. The molecule has 2 aliphatic heterocycles. The average Bonchev–Trinajstić information content (AvgIpc) is 3.37. The Morgan fingerprint density at radius 2 is 1.72 bits per heavy atom. The van der Waals surface area contributed by atoms with Crippen molar-refractivity contribution in [1.82, 2.24) is 14.9 Å². The van der Waals surface area contributed by atoms with Crippen LogP contribution in [-0.2, 0) is 6.54 Å². The Hall–Kier alpha value is -4.44. The second kappa shape index (κ2) is 9.31. The molecule has 3 heterocycles. The van der Waals surface area contributed by atoms with Gasteiger partial charge in [-0.05, 0) is 40.6 Å². The van der Waals surface area contributed by atoms with E-state index in [0.29, 0.717) is 18.8 Å². The number of ether oxygens (including phenoxy) is 3. The van der Waals surface area contributed by atoms with Crippen LogP contribution in [0, 0.1) is 10.1 Å². The molecule has 3 aromatic carbocycles. The molecule has 10 nitrogen and oxygen atoms in total. The van der Waals surface area contributed by atoms with Crippen LogP contribution in [0.4, 0.5) is 11.5 Å². The molecule has 0 saturated carbocycles. The van der Waals surface area contributed by atoms with E-state index in [1.54, 1.807) is 6.07 Å². The van der Waals surface area contributed by atoms with Crippen LogP contribution < -0.4 is 19.1 Å². The molecule has 0 spiro atoms. The summed E-state index contributed by atoms with van der Waals surface area (Å²) in [7, 11) is 0. The summed E-state index contributed by atoms with van der Waals surface area (Å²) >= 11 is 0. The van der Waals surface area contributed by atoms with E-state index >= 15 is 0 Å². The molecule has 36 heavy (non-hydrogen) atoms. The van der Waals surface area contributed by atoms with E-state index in [1.807, 2.05) is 59.5 Å². The van der Waals surface area contributed by atoms with Gasteiger partial charge >= 0.3 is 11.6 Å². The van der Waals surface area contributed by atoms with Crippen LogP contribution >= 0.6 is 0 Å². The number of hydrogen-bond donors (Lipinski definition) is 0. The van der Waals surface area contributed by atoms with Crippen molar-refractivity contribution in [3.05, 3.63) is 82.7 Å². The van der Waals surface area contributed by atoms with E-state index in [0.717, 1.165) is 47.5 Å². The number of hydrogen-bond acceptors (Lipinski definition) is 9. The third-order valence-electron chi connectivity index (χ3n) is 6.40. The Labute approximate surface area is 206 Å². The summed E-state index contributed by atoms with van der Waals surface area (Å²) in [6, 6.07) is 19.3. The molecule has 0 radical (unpaired) electrons. The van der Waals surface area contributed by atoms with Crippen LogP contribution in [0.3, 0.4) is 0 Å². The van der Waals surface area contributed by atoms with Gasteiger partial charge in [0.1, 0.15) is 12.1 Å².